The summed E-state index contributed by atoms with van der Waals surface area (Å²) in [4.78, 5) is 21.4. The average Bonchev–Trinajstić information content (AvgIpc) is 3.33. The van der Waals surface area contributed by atoms with Crippen LogP contribution in [-0.2, 0) is 0 Å². The molecule has 2 aromatic carbocycles. The van der Waals surface area contributed by atoms with Crippen LogP contribution in [0.3, 0.4) is 0 Å². The Labute approximate surface area is 156 Å². The van der Waals surface area contributed by atoms with Crippen LogP contribution in [0, 0.1) is 0 Å². The number of carboxylic acid groups (broad SMARTS) is 1. The number of benzene rings is 2. The third-order valence-electron chi connectivity index (χ3n) is 4.65. The van der Waals surface area contributed by atoms with Crippen LogP contribution in [0.25, 0.3) is 22.6 Å². The highest BCUT2D eigenvalue weighted by Crippen LogP contribution is 2.29. The van der Waals surface area contributed by atoms with Crippen molar-refractivity contribution in [2.75, 3.05) is 18.0 Å². The molecule has 26 heavy (non-hydrogen) atoms. The molecule has 3 aromatic rings. The second kappa shape index (κ2) is 6.84. The standard InChI is InChI=1S/C20H18ClN3O2/c21-15-7-3-13(4-8-15)17-18(20(25)26)23-19(22-17)14-5-9-16(10-6-14)24-11-1-2-12-24/h3-10H,1-2,11-12H2,(H,22,23)(H,25,26). The fourth-order valence-corrected chi connectivity index (χ4v) is 3.42. The van der Waals surface area contributed by atoms with Gasteiger partial charge in [-0.3, -0.25) is 0 Å². The van der Waals surface area contributed by atoms with Gasteiger partial charge >= 0.3 is 5.97 Å². The van der Waals surface area contributed by atoms with Crippen molar-refractivity contribution in [3.8, 4) is 22.6 Å². The minimum atomic E-state index is -1.06. The summed E-state index contributed by atoms with van der Waals surface area (Å²) in [6, 6.07) is 15.1. The number of halogens is 1. The van der Waals surface area contributed by atoms with E-state index in [-0.39, 0.29) is 5.69 Å². The number of H-pyrrole nitrogens is 1. The molecule has 4 rings (SSSR count). The fraction of sp³-hybridized carbons (Fsp3) is 0.200. The van der Waals surface area contributed by atoms with Crippen LogP contribution in [0.15, 0.2) is 48.5 Å². The maximum atomic E-state index is 11.6. The summed E-state index contributed by atoms with van der Waals surface area (Å²) in [5.41, 5.74) is 3.27. The molecule has 132 valence electrons. The Hall–Kier alpha value is -2.79. The number of hydrogen-bond acceptors (Lipinski definition) is 3. The molecule has 0 atom stereocenters. The van der Waals surface area contributed by atoms with Crippen LogP contribution >= 0.6 is 11.6 Å². The Morgan fingerprint density at radius 1 is 1.00 bits per heavy atom. The number of nitrogens with one attached hydrogen (secondary N) is 1. The maximum absolute atomic E-state index is 11.6. The highest BCUT2D eigenvalue weighted by molar-refractivity contribution is 6.30. The van der Waals surface area contributed by atoms with Gasteiger partial charge in [0, 0.05) is 34.9 Å². The summed E-state index contributed by atoms with van der Waals surface area (Å²) < 4.78 is 0. The second-order valence-corrected chi connectivity index (χ2v) is 6.80. The SMILES string of the molecule is O=C(O)c1nc(-c2ccc(N3CCCC3)cc2)[nH]c1-c1ccc(Cl)cc1. The van der Waals surface area contributed by atoms with Gasteiger partial charge in [-0.25, -0.2) is 9.78 Å². The molecule has 2 N–H and O–H groups in total. The van der Waals surface area contributed by atoms with Gasteiger partial charge in [-0.15, -0.1) is 0 Å². The van der Waals surface area contributed by atoms with E-state index in [2.05, 4.69) is 27.0 Å². The molecule has 0 bridgehead atoms. The summed E-state index contributed by atoms with van der Waals surface area (Å²) in [6.45, 7) is 2.17. The van der Waals surface area contributed by atoms with Crippen molar-refractivity contribution in [3.05, 3.63) is 59.2 Å². The van der Waals surface area contributed by atoms with Gasteiger partial charge in [-0.2, -0.15) is 0 Å². The average molecular weight is 368 g/mol. The van der Waals surface area contributed by atoms with Gasteiger partial charge in [0.05, 0.1) is 5.69 Å². The van der Waals surface area contributed by atoms with Crippen molar-refractivity contribution in [1.29, 1.82) is 0 Å². The number of carboxylic acids is 1. The first-order chi connectivity index (χ1) is 12.6. The summed E-state index contributed by atoms with van der Waals surface area (Å²) in [5.74, 6) is -0.522. The monoisotopic (exact) mass is 367 g/mol. The number of hydrogen-bond donors (Lipinski definition) is 2. The van der Waals surface area contributed by atoms with Gasteiger partial charge in [0.25, 0.3) is 0 Å². The normalized spacial score (nSPS) is 14.0. The number of aromatic carboxylic acids is 1. The van der Waals surface area contributed by atoms with Crippen LogP contribution in [0.4, 0.5) is 5.69 Å². The zero-order valence-corrected chi connectivity index (χ0v) is 14.8. The van der Waals surface area contributed by atoms with Crippen LogP contribution in [0.5, 0.6) is 0 Å². The Morgan fingerprint density at radius 3 is 2.23 bits per heavy atom. The van der Waals surface area contributed by atoms with E-state index >= 15 is 0 Å². The van der Waals surface area contributed by atoms with Crippen molar-refractivity contribution in [3.63, 3.8) is 0 Å². The van der Waals surface area contributed by atoms with Crippen molar-refractivity contribution in [2.45, 2.75) is 12.8 Å². The predicted octanol–water partition coefficient (Wildman–Crippen LogP) is 4.70. The van der Waals surface area contributed by atoms with Crippen LogP contribution in [-0.4, -0.2) is 34.1 Å². The van der Waals surface area contributed by atoms with Crippen molar-refractivity contribution >= 4 is 23.3 Å². The van der Waals surface area contributed by atoms with E-state index in [9.17, 15) is 9.90 Å². The molecule has 1 aliphatic rings. The number of carbonyl (C=O) groups is 1. The topological polar surface area (TPSA) is 69.2 Å². The number of nitrogens with zero attached hydrogens (tertiary/aromatic N) is 2. The van der Waals surface area contributed by atoms with Gasteiger partial charge in [0.2, 0.25) is 0 Å². The lowest BCUT2D eigenvalue weighted by molar-refractivity contribution is 0.0692. The first-order valence-corrected chi connectivity index (χ1v) is 8.94. The Bertz CT molecular complexity index is 927. The smallest absolute Gasteiger partial charge is 0.356 e. The minimum absolute atomic E-state index is 0.00550. The molecule has 0 saturated carbocycles. The molecule has 2 heterocycles. The summed E-state index contributed by atoms with van der Waals surface area (Å²) in [5, 5.41) is 10.1. The quantitative estimate of drug-likeness (QED) is 0.701. The van der Waals surface area contributed by atoms with E-state index in [1.54, 1.807) is 24.3 Å². The predicted molar refractivity (Wildman–Crippen MR) is 103 cm³/mol. The van der Waals surface area contributed by atoms with Crippen LogP contribution < -0.4 is 4.90 Å². The van der Waals surface area contributed by atoms with Gasteiger partial charge in [-0.05, 0) is 49.2 Å². The van der Waals surface area contributed by atoms with Crippen LogP contribution in [0.2, 0.25) is 5.02 Å². The van der Waals surface area contributed by atoms with Gasteiger partial charge in [0.1, 0.15) is 5.82 Å². The summed E-state index contributed by atoms with van der Waals surface area (Å²) in [6.07, 6.45) is 2.46. The third kappa shape index (κ3) is 3.18. The van der Waals surface area contributed by atoms with Crippen LogP contribution in [0.1, 0.15) is 23.3 Å². The van der Waals surface area contributed by atoms with E-state index in [1.165, 1.54) is 18.5 Å². The third-order valence-corrected chi connectivity index (χ3v) is 4.90. The number of rotatable bonds is 4. The molecule has 0 unspecified atom stereocenters. The first kappa shape index (κ1) is 16.7. The minimum Gasteiger partial charge on any atom is -0.476 e. The number of aromatic nitrogens is 2. The largest absolute Gasteiger partial charge is 0.476 e. The van der Waals surface area contributed by atoms with Gasteiger partial charge in [0.15, 0.2) is 5.69 Å². The lowest BCUT2D eigenvalue weighted by Crippen LogP contribution is -2.17. The van der Waals surface area contributed by atoms with Crippen molar-refractivity contribution in [1.82, 2.24) is 9.97 Å². The molecule has 0 spiro atoms. The molecule has 1 saturated heterocycles. The van der Waals surface area contributed by atoms with Gasteiger partial charge < -0.3 is 15.0 Å². The summed E-state index contributed by atoms with van der Waals surface area (Å²) in [7, 11) is 0. The lowest BCUT2D eigenvalue weighted by Gasteiger charge is -2.17. The fourth-order valence-electron chi connectivity index (χ4n) is 3.30. The number of anilines is 1. The van der Waals surface area contributed by atoms with Crippen molar-refractivity contribution in [2.24, 2.45) is 0 Å². The molecule has 5 nitrogen and oxygen atoms in total. The van der Waals surface area contributed by atoms with E-state index in [4.69, 9.17) is 11.6 Å². The maximum Gasteiger partial charge on any atom is 0.356 e. The van der Waals surface area contributed by atoms with E-state index in [1.807, 2.05) is 12.1 Å². The molecular weight excluding hydrogens is 350 g/mol. The Morgan fingerprint density at radius 2 is 1.62 bits per heavy atom. The number of imidazole rings is 1. The Balaban J connectivity index is 1.69. The first-order valence-electron chi connectivity index (χ1n) is 8.56. The molecule has 0 amide bonds. The summed E-state index contributed by atoms with van der Waals surface area (Å²) >= 11 is 5.93. The number of aromatic amines is 1. The zero-order chi connectivity index (χ0) is 18.1. The molecule has 1 aliphatic heterocycles. The highest BCUT2D eigenvalue weighted by atomic mass is 35.5. The highest BCUT2D eigenvalue weighted by Gasteiger charge is 2.19. The van der Waals surface area contributed by atoms with E-state index < -0.39 is 5.97 Å². The lowest BCUT2D eigenvalue weighted by atomic mass is 10.1. The van der Waals surface area contributed by atoms with Gasteiger partial charge in [-0.1, -0.05) is 23.7 Å². The molecule has 6 heteroatoms. The molecule has 1 aromatic heterocycles. The molecule has 0 aliphatic carbocycles. The van der Waals surface area contributed by atoms with E-state index in [0.29, 0.717) is 16.5 Å². The Kier molecular flexibility index (Phi) is 4.39. The zero-order valence-electron chi connectivity index (χ0n) is 14.1. The molecular formula is C20H18ClN3O2. The van der Waals surface area contributed by atoms with E-state index in [0.717, 1.165) is 24.2 Å². The molecule has 0 radical (unpaired) electrons. The van der Waals surface area contributed by atoms with Crippen molar-refractivity contribution < 1.29 is 9.90 Å². The second-order valence-electron chi connectivity index (χ2n) is 6.36. The molecule has 1 fully saturated rings.